The molecule has 0 bridgehead atoms. The summed E-state index contributed by atoms with van der Waals surface area (Å²) in [4.78, 5) is 22.9. The predicted octanol–water partition coefficient (Wildman–Crippen LogP) is 2.79. The van der Waals surface area contributed by atoms with Gasteiger partial charge in [0.1, 0.15) is 0 Å². The number of ether oxygens (including phenoxy) is 1. The van der Waals surface area contributed by atoms with E-state index in [4.69, 9.17) is 4.74 Å². The lowest BCUT2D eigenvalue weighted by Crippen LogP contribution is -2.31. The molecule has 4 rings (SSSR count). The average Bonchev–Trinajstić information content (AvgIpc) is 3.40. The van der Waals surface area contributed by atoms with E-state index in [0.717, 1.165) is 45.4 Å². The number of aromatic nitrogens is 2. The fraction of sp³-hybridized carbons (Fsp3) is 0.450. The minimum atomic E-state index is -0.411. The van der Waals surface area contributed by atoms with Crippen molar-refractivity contribution in [3.05, 3.63) is 41.8 Å². The van der Waals surface area contributed by atoms with Crippen LogP contribution in [0, 0.1) is 5.82 Å². The normalized spacial score (nSPS) is 19.4. The van der Waals surface area contributed by atoms with Crippen molar-refractivity contribution in [1.29, 1.82) is 0 Å². The van der Waals surface area contributed by atoms with Crippen LogP contribution < -0.4 is 10.2 Å². The predicted molar refractivity (Wildman–Crippen MR) is 100 cm³/mol. The van der Waals surface area contributed by atoms with Gasteiger partial charge in [-0.1, -0.05) is 12.1 Å². The summed E-state index contributed by atoms with van der Waals surface area (Å²) in [6, 6.07) is 7.11. The van der Waals surface area contributed by atoms with Crippen LogP contribution in [0.4, 0.5) is 10.2 Å². The highest BCUT2D eigenvalue weighted by Crippen LogP contribution is 2.24. The molecule has 1 N–H and O–H groups in total. The molecule has 0 spiro atoms. The van der Waals surface area contributed by atoms with Gasteiger partial charge in [-0.15, -0.1) is 0 Å². The highest BCUT2D eigenvalue weighted by atomic mass is 19.1. The number of benzene rings is 1. The summed E-state index contributed by atoms with van der Waals surface area (Å²) < 4.78 is 19.7. The Bertz CT molecular complexity index is 817. The Balaban J connectivity index is 1.51. The lowest BCUT2D eigenvalue weighted by Gasteiger charge is -2.17. The number of anilines is 1. The maximum Gasteiger partial charge on any atom is 0.251 e. The van der Waals surface area contributed by atoms with Crippen molar-refractivity contribution < 1.29 is 13.9 Å². The Hall–Kier alpha value is -2.54. The van der Waals surface area contributed by atoms with E-state index in [-0.39, 0.29) is 12.0 Å². The molecule has 3 heterocycles. The summed E-state index contributed by atoms with van der Waals surface area (Å²) in [5.41, 5.74) is 1.22. The van der Waals surface area contributed by atoms with Crippen LogP contribution in [0.1, 0.15) is 36.0 Å². The van der Waals surface area contributed by atoms with Crippen molar-refractivity contribution in [3.63, 3.8) is 0 Å². The van der Waals surface area contributed by atoms with E-state index in [1.165, 1.54) is 6.20 Å². The quantitative estimate of drug-likeness (QED) is 0.877. The van der Waals surface area contributed by atoms with Crippen LogP contribution >= 0.6 is 0 Å². The smallest absolute Gasteiger partial charge is 0.251 e. The molecule has 7 heteroatoms. The van der Waals surface area contributed by atoms with E-state index in [1.807, 2.05) is 11.0 Å². The highest BCUT2D eigenvalue weighted by Gasteiger charge is 2.20. The molecule has 1 amide bonds. The zero-order chi connectivity index (χ0) is 18.6. The van der Waals surface area contributed by atoms with E-state index < -0.39 is 5.82 Å². The summed E-state index contributed by atoms with van der Waals surface area (Å²) >= 11 is 0. The van der Waals surface area contributed by atoms with Gasteiger partial charge in [-0.25, -0.2) is 14.4 Å². The van der Waals surface area contributed by atoms with Crippen molar-refractivity contribution in [2.24, 2.45) is 0 Å². The molecule has 142 valence electrons. The van der Waals surface area contributed by atoms with Crippen LogP contribution in [0.15, 0.2) is 30.5 Å². The van der Waals surface area contributed by atoms with Gasteiger partial charge in [0.05, 0.1) is 12.3 Å². The number of hydrogen-bond donors (Lipinski definition) is 1. The van der Waals surface area contributed by atoms with Crippen LogP contribution in [-0.2, 0) is 4.74 Å². The van der Waals surface area contributed by atoms with Gasteiger partial charge in [0, 0.05) is 37.4 Å². The maximum absolute atomic E-state index is 14.2. The SMILES string of the molecule is O=C(NC[C@@H]1CCCO1)c1cccc(-c2ncc(F)c(N3CCCC3)n2)c1. The molecule has 0 saturated carbocycles. The molecule has 0 aliphatic carbocycles. The number of nitrogens with one attached hydrogen (secondary N) is 1. The third kappa shape index (κ3) is 4.08. The molecule has 1 aromatic heterocycles. The highest BCUT2D eigenvalue weighted by molar-refractivity contribution is 5.95. The van der Waals surface area contributed by atoms with E-state index in [0.29, 0.717) is 29.3 Å². The Kier molecular flexibility index (Phi) is 5.29. The van der Waals surface area contributed by atoms with E-state index in [1.54, 1.807) is 18.2 Å². The van der Waals surface area contributed by atoms with Crippen LogP contribution in [0.25, 0.3) is 11.4 Å². The third-order valence-electron chi connectivity index (χ3n) is 5.03. The van der Waals surface area contributed by atoms with Crippen LogP contribution in [0.2, 0.25) is 0 Å². The second kappa shape index (κ2) is 8.00. The molecule has 2 aliphatic rings. The Morgan fingerprint density at radius 2 is 2.15 bits per heavy atom. The van der Waals surface area contributed by atoms with Crippen molar-refractivity contribution in [2.75, 3.05) is 31.1 Å². The first-order valence-corrected chi connectivity index (χ1v) is 9.48. The third-order valence-corrected chi connectivity index (χ3v) is 5.03. The minimum absolute atomic E-state index is 0.0978. The number of carbonyl (C=O) groups excluding carboxylic acids is 1. The minimum Gasteiger partial charge on any atom is -0.376 e. The molecule has 0 unspecified atom stereocenters. The first-order valence-electron chi connectivity index (χ1n) is 9.48. The molecular formula is C20H23FN4O2. The molecule has 2 fully saturated rings. The largest absolute Gasteiger partial charge is 0.376 e. The summed E-state index contributed by atoms with van der Waals surface area (Å²) in [7, 11) is 0. The molecule has 1 atom stereocenters. The first kappa shape index (κ1) is 17.9. The Morgan fingerprint density at radius 3 is 2.93 bits per heavy atom. The summed E-state index contributed by atoms with van der Waals surface area (Å²) in [6.07, 6.45) is 5.40. The monoisotopic (exact) mass is 370 g/mol. The number of nitrogens with zero attached hydrogens (tertiary/aromatic N) is 3. The maximum atomic E-state index is 14.2. The van der Waals surface area contributed by atoms with Gasteiger partial charge in [-0.05, 0) is 37.8 Å². The molecule has 27 heavy (non-hydrogen) atoms. The zero-order valence-electron chi connectivity index (χ0n) is 15.2. The van der Waals surface area contributed by atoms with E-state index in [2.05, 4.69) is 15.3 Å². The summed E-state index contributed by atoms with van der Waals surface area (Å²) in [6.45, 7) is 2.88. The van der Waals surface area contributed by atoms with Gasteiger partial charge in [0.2, 0.25) is 0 Å². The van der Waals surface area contributed by atoms with Crippen molar-refractivity contribution in [1.82, 2.24) is 15.3 Å². The van der Waals surface area contributed by atoms with Gasteiger partial charge in [-0.3, -0.25) is 4.79 Å². The molecule has 1 aromatic carbocycles. The molecule has 2 saturated heterocycles. The molecule has 6 nitrogen and oxygen atoms in total. The van der Waals surface area contributed by atoms with Crippen LogP contribution in [0.3, 0.4) is 0 Å². The lowest BCUT2D eigenvalue weighted by molar-refractivity contribution is 0.0858. The summed E-state index contributed by atoms with van der Waals surface area (Å²) in [5, 5.41) is 2.91. The number of halogens is 1. The number of carbonyl (C=O) groups is 1. The van der Waals surface area contributed by atoms with Crippen molar-refractivity contribution in [3.8, 4) is 11.4 Å². The van der Waals surface area contributed by atoms with Gasteiger partial charge >= 0.3 is 0 Å². The van der Waals surface area contributed by atoms with Gasteiger partial charge in [-0.2, -0.15) is 0 Å². The number of rotatable bonds is 5. The molecule has 2 aromatic rings. The summed E-state index contributed by atoms with van der Waals surface area (Å²) in [5.74, 6) is 0.193. The number of hydrogen-bond acceptors (Lipinski definition) is 5. The fourth-order valence-corrected chi connectivity index (χ4v) is 3.56. The standard InChI is InChI=1S/C20H23FN4O2/c21-17-13-22-18(24-19(17)25-8-1-2-9-25)14-5-3-6-15(11-14)20(26)23-12-16-7-4-10-27-16/h3,5-6,11,13,16H,1-2,4,7-10,12H2,(H,23,26)/t16-/m0/s1. The van der Waals surface area contributed by atoms with Gasteiger partial charge < -0.3 is 15.0 Å². The Labute approximate surface area is 157 Å². The van der Waals surface area contributed by atoms with Gasteiger partial charge in [0.15, 0.2) is 17.5 Å². The molecule has 0 radical (unpaired) electrons. The average molecular weight is 370 g/mol. The van der Waals surface area contributed by atoms with Crippen LogP contribution in [0.5, 0.6) is 0 Å². The van der Waals surface area contributed by atoms with Crippen molar-refractivity contribution in [2.45, 2.75) is 31.8 Å². The van der Waals surface area contributed by atoms with Crippen molar-refractivity contribution >= 4 is 11.7 Å². The zero-order valence-corrected chi connectivity index (χ0v) is 15.2. The molecular weight excluding hydrogens is 347 g/mol. The van der Waals surface area contributed by atoms with Crippen LogP contribution in [-0.4, -0.2) is 48.2 Å². The fourth-order valence-electron chi connectivity index (χ4n) is 3.56. The van der Waals surface area contributed by atoms with Gasteiger partial charge in [0.25, 0.3) is 5.91 Å². The molecule has 2 aliphatic heterocycles. The first-order chi connectivity index (χ1) is 13.2. The Morgan fingerprint density at radius 1 is 1.30 bits per heavy atom. The number of amides is 1. The second-order valence-electron chi connectivity index (χ2n) is 6.99. The van der Waals surface area contributed by atoms with E-state index in [9.17, 15) is 9.18 Å². The topological polar surface area (TPSA) is 67.3 Å². The van der Waals surface area contributed by atoms with E-state index >= 15 is 0 Å². The lowest BCUT2D eigenvalue weighted by atomic mass is 10.1. The second-order valence-corrected chi connectivity index (χ2v) is 6.99.